The Balaban J connectivity index is 1.58. The second-order valence-electron chi connectivity index (χ2n) is 6.43. The van der Waals surface area contributed by atoms with E-state index in [0.29, 0.717) is 5.75 Å². The van der Waals surface area contributed by atoms with Gasteiger partial charge in [-0.25, -0.2) is 0 Å². The Kier molecular flexibility index (Phi) is 4.34. The molecule has 3 rings (SSSR count). The molecule has 0 atom stereocenters. The number of hydrogen-bond donors (Lipinski definition) is 2. The standard InChI is InChI=1S/C19H24N2O/c1-15-11-16(2)13-17(12-15)14-20-7-9-21(10-8-20)18-3-5-19(22)6-4-18/h3-6,11-13,22H,7-10,14H2,1-2H3/p+1. The van der Waals surface area contributed by atoms with Gasteiger partial charge in [0.2, 0.25) is 0 Å². The molecule has 3 nitrogen and oxygen atoms in total. The Morgan fingerprint density at radius 3 is 2.14 bits per heavy atom. The predicted molar refractivity (Wildman–Crippen MR) is 90.6 cm³/mol. The average molecular weight is 297 g/mol. The van der Waals surface area contributed by atoms with Gasteiger partial charge in [-0.15, -0.1) is 0 Å². The second kappa shape index (κ2) is 6.41. The van der Waals surface area contributed by atoms with Gasteiger partial charge in [0.15, 0.2) is 0 Å². The van der Waals surface area contributed by atoms with Gasteiger partial charge in [0.25, 0.3) is 0 Å². The smallest absolute Gasteiger partial charge is 0.115 e. The number of anilines is 1. The largest absolute Gasteiger partial charge is 0.508 e. The van der Waals surface area contributed by atoms with Gasteiger partial charge in [-0.05, 0) is 38.1 Å². The molecule has 116 valence electrons. The summed E-state index contributed by atoms with van der Waals surface area (Å²) in [5, 5.41) is 9.38. The number of hydrogen-bond acceptors (Lipinski definition) is 2. The molecule has 0 saturated carbocycles. The lowest BCUT2D eigenvalue weighted by molar-refractivity contribution is -0.914. The molecule has 1 heterocycles. The van der Waals surface area contributed by atoms with Crippen LogP contribution in [-0.2, 0) is 6.54 Å². The van der Waals surface area contributed by atoms with Gasteiger partial charge < -0.3 is 14.9 Å². The summed E-state index contributed by atoms with van der Waals surface area (Å²) in [6, 6.07) is 14.4. The summed E-state index contributed by atoms with van der Waals surface area (Å²) < 4.78 is 0. The molecule has 0 aromatic heterocycles. The highest BCUT2D eigenvalue weighted by Gasteiger charge is 2.20. The molecule has 0 spiro atoms. The maximum absolute atomic E-state index is 9.38. The van der Waals surface area contributed by atoms with Crippen LogP contribution in [0.4, 0.5) is 5.69 Å². The highest BCUT2D eigenvalue weighted by molar-refractivity contribution is 5.48. The number of benzene rings is 2. The first-order chi connectivity index (χ1) is 10.6. The van der Waals surface area contributed by atoms with E-state index in [1.807, 2.05) is 12.1 Å². The van der Waals surface area contributed by atoms with Crippen LogP contribution in [0.25, 0.3) is 0 Å². The monoisotopic (exact) mass is 297 g/mol. The summed E-state index contributed by atoms with van der Waals surface area (Å²) in [5.74, 6) is 0.336. The van der Waals surface area contributed by atoms with Crippen LogP contribution in [0.3, 0.4) is 0 Å². The van der Waals surface area contributed by atoms with Crippen molar-refractivity contribution in [1.82, 2.24) is 0 Å². The number of nitrogens with one attached hydrogen (secondary N) is 1. The van der Waals surface area contributed by atoms with Crippen molar-refractivity contribution >= 4 is 5.69 Å². The molecule has 2 aromatic rings. The number of nitrogens with zero attached hydrogens (tertiary/aromatic N) is 1. The summed E-state index contributed by atoms with van der Waals surface area (Å²) in [6.45, 7) is 9.94. The number of aromatic hydroxyl groups is 1. The lowest BCUT2D eigenvalue weighted by atomic mass is 10.1. The molecule has 3 heteroatoms. The van der Waals surface area contributed by atoms with Crippen molar-refractivity contribution < 1.29 is 10.0 Å². The lowest BCUT2D eigenvalue weighted by Gasteiger charge is -2.33. The highest BCUT2D eigenvalue weighted by Crippen LogP contribution is 2.18. The minimum absolute atomic E-state index is 0.336. The molecule has 2 aromatic carbocycles. The van der Waals surface area contributed by atoms with Crippen molar-refractivity contribution in [3.8, 4) is 5.75 Å². The molecule has 1 aliphatic heterocycles. The van der Waals surface area contributed by atoms with Crippen molar-refractivity contribution in [3.05, 3.63) is 59.2 Å². The van der Waals surface area contributed by atoms with E-state index < -0.39 is 0 Å². The van der Waals surface area contributed by atoms with Gasteiger partial charge >= 0.3 is 0 Å². The summed E-state index contributed by atoms with van der Waals surface area (Å²) in [4.78, 5) is 4.06. The van der Waals surface area contributed by atoms with Crippen molar-refractivity contribution in [2.24, 2.45) is 0 Å². The van der Waals surface area contributed by atoms with E-state index in [-0.39, 0.29) is 0 Å². The van der Waals surface area contributed by atoms with Gasteiger partial charge in [0, 0.05) is 11.3 Å². The topological polar surface area (TPSA) is 27.9 Å². The van der Waals surface area contributed by atoms with E-state index in [1.54, 1.807) is 17.0 Å². The van der Waals surface area contributed by atoms with E-state index in [4.69, 9.17) is 0 Å². The number of phenols is 1. The molecule has 0 radical (unpaired) electrons. The number of aryl methyl sites for hydroxylation is 2. The second-order valence-corrected chi connectivity index (χ2v) is 6.43. The number of quaternary nitrogens is 1. The predicted octanol–water partition coefficient (Wildman–Crippen LogP) is 1.91. The van der Waals surface area contributed by atoms with Gasteiger partial charge in [-0.3, -0.25) is 0 Å². The van der Waals surface area contributed by atoms with Crippen molar-refractivity contribution in [3.63, 3.8) is 0 Å². The highest BCUT2D eigenvalue weighted by atomic mass is 16.3. The minimum atomic E-state index is 0.336. The number of phenolic OH excluding ortho intramolecular Hbond substituents is 1. The van der Waals surface area contributed by atoms with E-state index in [9.17, 15) is 5.11 Å². The van der Waals surface area contributed by atoms with E-state index in [1.165, 1.54) is 22.4 Å². The van der Waals surface area contributed by atoms with Gasteiger partial charge in [-0.1, -0.05) is 29.3 Å². The molecule has 1 saturated heterocycles. The van der Waals surface area contributed by atoms with Crippen LogP contribution in [0.5, 0.6) is 5.75 Å². The van der Waals surface area contributed by atoms with E-state index in [2.05, 4.69) is 36.9 Å². The van der Waals surface area contributed by atoms with Crippen LogP contribution >= 0.6 is 0 Å². The van der Waals surface area contributed by atoms with Crippen molar-refractivity contribution in [1.29, 1.82) is 0 Å². The normalized spacial score (nSPS) is 16.0. The Bertz CT molecular complexity index is 608. The summed E-state index contributed by atoms with van der Waals surface area (Å²) in [7, 11) is 0. The first kappa shape index (κ1) is 14.9. The van der Waals surface area contributed by atoms with E-state index in [0.717, 1.165) is 32.7 Å². The molecular formula is C19H25N2O+. The summed E-state index contributed by atoms with van der Waals surface area (Å²) in [5.41, 5.74) is 5.38. The Labute approximate surface area is 132 Å². The van der Waals surface area contributed by atoms with Crippen LogP contribution < -0.4 is 9.80 Å². The van der Waals surface area contributed by atoms with Crippen molar-refractivity contribution in [2.75, 3.05) is 31.1 Å². The van der Waals surface area contributed by atoms with Crippen molar-refractivity contribution in [2.45, 2.75) is 20.4 Å². The zero-order chi connectivity index (χ0) is 15.5. The first-order valence-electron chi connectivity index (χ1n) is 8.05. The lowest BCUT2D eigenvalue weighted by Crippen LogP contribution is -3.13. The summed E-state index contributed by atoms with van der Waals surface area (Å²) in [6.07, 6.45) is 0. The SMILES string of the molecule is Cc1cc(C)cc(C[NH+]2CCN(c3ccc(O)cc3)CC2)c1. The fraction of sp³-hybridized carbons (Fsp3) is 0.368. The fourth-order valence-corrected chi connectivity index (χ4v) is 3.38. The summed E-state index contributed by atoms with van der Waals surface area (Å²) >= 11 is 0. The van der Waals surface area contributed by atoms with Gasteiger partial charge in [0.1, 0.15) is 12.3 Å². The third-order valence-corrected chi connectivity index (χ3v) is 4.42. The van der Waals surface area contributed by atoms with Gasteiger partial charge in [0.05, 0.1) is 26.2 Å². The zero-order valence-electron chi connectivity index (χ0n) is 13.5. The van der Waals surface area contributed by atoms with Crippen LogP contribution in [0.2, 0.25) is 0 Å². The quantitative estimate of drug-likeness (QED) is 0.906. The number of rotatable bonds is 3. The molecule has 1 fully saturated rings. The maximum atomic E-state index is 9.38. The Hall–Kier alpha value is -2.00. The molecule has 0 aliphatic carbocycles. The third-order valence-electron chi connectivity index (χ3n) is 4.42. The maximum Gasteiger partial charge on any atom is 0.115 e. The fourth-order valence-electron chi connectivity index (χ4n) is 3.38. The van der Waals surface area contributed by atoms with Gasteiger partial charge in [-0.2, -0.15) is 0 Å². The minimum Gasteiger partial charge on any atom is -0.508 e. The molecule has 0 bridgehead atoms. The third kappa shape index (κ3) is 3.60. The van der Waals surface area contributed by atoms with Crippen LogP contribution in [0, 0.1) is 13.8 Å². The molecule has 0 amide bonds. The zero-order valence-corrected chi connectivity index (χ0v) is 13.5. The first-order valence-corrected chi connectivity index (χ1v) is 8.05. The molecule has 0 unspecified atom stereocenters. The molecule has 2 N–H and O–H groups in total. The van der Waals surface area contributed by atoms with Crippen LogP contribution in [0.15, 0.2) is 42.5 Å². The molecular weight excluding hydrogens is 272 g/mol. The average Bonchev–Trinajstić information content (AvgIpc) is 2.48. The van der Waals surface area contributed by atoms with Crippen LogP contribution in [-0.4, -0.2) is 31.3 Å². The molecule has 1 aliphatic rings. The van der Waals surface area contributed by atoms with Crippen LogP contribution in [0.1, 0.15) is 16.7 Å². The number of piperazine rings is 1. The Morgan fingerprint density at radius 2 is 1.55 bits per heavy atom. The molecule has 22 heavy (non-hydrogen) atoms. The van der Waals surface area contributed by atoms with E-state index >= 15 is 0 Å². The Morgan fingerprint density at radius 1 is 0.955 bits per heavy atom.